The van der Waals surface area contributed by atoms with Crippen molar-refractivity contribution in [3.63, 3.8) is 0 Å². The SMILES string of the molecule is CN=C(NCCNC(=O)c1ccc(Cl)cc1)NCCN1CCOCC1.I. The number of carbonyl (C=O) groups excluding carboxylic acids is 1. The van der Waals surface area contributed by atoms with Gasteiger partial charge in [-0.05, 0) is 24.3 Å². The predicted molar refractivity (Wildman–Crippen MR) is 116 cm³/mol. The fraction of sp³-hybridized carbons (Fsp3) is 0.529. The molecule has 1 aliphatic rings. The monoisotopic (exact) mass is 495 g/mol. The molecule has 1 fully saturated rings. The minimum absolute atomic E-state index is 0. The molecule has 1 amide bonds. The summed E-state index contributed by atoms with van der Waals surface area (Å²) < 4.78 is 5.33. The van der Waals surface area contributed by atoms with Crippen LogP contribution < -0.4 is 16.0 Å². The lowest BCUT2D eigenvalue weighted by atomic mass is 10.2. The summed E-state index contributed by atoms with van der Waals surface area (Å²) in [5.41, 5.74) is 0.595. The minimum atomic E-state index is -0.117. The first-order chi connectivity index (χ1) is 12.2. The Morgan fingerprint density at radius 2 is 1.73 bits per heavy atom. The van der Waals surface area contributed by atoms with Crippen molar-refractivity contribution in [3.05, 3.63) is 34.9 Å². The summed E-state index contributed by atoms with van der Waals surface area (Å²) in [5, 5.41) is 9.93. The quantitative estimate of drug-likeness (QED) is 0.229. The zero-order valence-electron chi connectivity index (χ0n) is 15.0. The lowest BCUT2D eigenvalue weighted by molar-refractivity contribution is 0.0389. The average molecular weight is 496 g/mol. The molecule has 0 spiro atoms. The van der Waals surface area contributed by atoms with Crippen molar-refractivity contribution in [3.8, 4) is 0 Å². The van der Waals surface area contributed by atoms with Gasteiger partial charge in [-0.1, -0.05) is 11.6 Å². The molecule has 0 bridgehead atoms. The van der Waals surface area contributed by atoms with Crippen LogP contribution in [-0.4, -0.2) is 76.3 Å². The molecule has 0 unspecified atom stereocenters. The van der Waals surface area contributed by atoms with Crippen molar-refractivity contribution in [1.29, 1.82) is 0 Å². The Balaban J connectivity index is 0.00000338. The summed E-state index contributed by atoms with van der Waals surface area (Å²) in [6.07, 6.45) is 0. The number of nitrogens with one attached hydrogen (secondary N) is 3. The Labute approximate surface area is 176 Å². The Kier molecular flexibility index (Phi) is 11.6. The van der Waals surface area contributed by atoms with Gasteiger partial charge < -0.3 is 20.7 Å². The van der Waals surface area contributed by atoms with Gasteiger partial charge in [0.05, 0.1) is 13.2 Å². The maximum Gasteiger partial charge on any atom is 0.251 e. The highest BCUT2D eigenvalue weighted by molar-refractivity contribution is 14.0. The van der Waals surface area contributed by atoms with Crippen LogP contribution in [0.15, 0.2) is 29.3 Å². The maximum absolute atomic E-state index is 12.0. The lowest BCUT2D eigenvalue weighted by Crippen LogP contribution is -2.45. The second kappa shape index (κ2) is 13.1. The number of halogens is 2. The van der Waals surface area contributed by atoms with E-state index >= 15 is 0 Å². The van der Waals surface area contributed by atoms with E-state index in [-0.39, 0.29) is 29.9 Å². The first kappa shape index (κ1) is 22.9. The van der Waals surface area contributed by atoms with Gasteiger partial charge in [0.1, 0.15) is 0 Å². The van der Waals surface area contributed by atoms with Crippen molar-refractivity contribution < 1.29 is 9.53 Å². The van der Waals surface area contributed by atoms with Gasteiger partial charge in [0.15, 0.2) is 5.96 Å². The van der Waals surface area contributed by atoms with Crippen LogP contribution in [-0.2, 0) is 4.74 Å². The normalized spacial score (nSPS) is 15.1. The fourth-order valence-corrected chi connectivity index (χ4v) is 2.56. The third-order valence-electron chi connectivity index (χ3n) is 3.86. The van der Waals surface area contributed by atoms with Crippen LogP contribution in [0.25, 0.3) is 0 Å². The molecule has 0 atom stereocenters. The number of rotatable bonds is 7. The molecule has 3 N–H and O–H groups in total. The number of ether oxygens (including phenoxy) is 1. The van der Waals surface area contributed by atoms with Gasteiger partial charge in [-0.2, -0.15) is 0 Å². The number of amides is 1. The van der Waals surface area contributed by atoms with E-state index in [0.29, 0.717) is 23.7 Å². The molecule has 26 heavy (non-hydrogen) atoms. The number of nitrogens with zero attached hydrogens (tertiary/aromatic N) is 2. The topological polar surface area (TPSA) is 78.0 Å². The summed E-state index contributed by atoms with van der Waals surface area (Å²) in [6, 6.07) is 6.82. The lowest BCUT2D eigenvalue weighted by Gasteiger charge is -2.26. The highest BCUT2D eigenvalue weighted by Crippen LogP contribution is 2.09. The summed E-state index contributed by atoms with van der Waals surface area (Å²) in [7, 11) is 1.73. The summed E-state index contributed by atoms with van der Waals surface area (Å²) in [5.74, 6) is 0.614. The standard InChI is InChI=1S/C17H26ClN5O2.HI/c1-19-17(22-8-9-23-10-12-25-13-11-23)21-7-6-20-16(24)14-2-4-15(18)5-3-14;/h2-5H,6-13H2,1H3,(H,20,24)(H2,19,21,22);1H. The molecular formula is C17H27ClIN5O2. The van der Waals surface area contributed by atoms with Crippen molar-refractivity contribution in [2.45, 2.75) is 0 Å². The number of benzene rings is 1. The molecule has 1 aromatic rings. The Morgan fingerprint density at radius 1 is 1.12 bits per heavy atom. The van der Waals surface area contributed by atoms with Crippen molar-refractivity contribution in [2.24, 2.45) is 4.99 Å². The highest BCUT2D eigenvalue weighted by Gasteiger charge is 2.09. The van der Waals surface area contributed by atoms with Crippen LogP contribution in [0.1, 0.15) is 10.4 Å². The summed E-state index contributed by atoms with van der Waals surface area (Å²) in [6.45, 7) is 6.44. The third-order valence-corrected chi connectivity index (χ3v) is 4.11. The number of morpholine rings is 1. The number of aliphatic imine (C=N–C) groups is 1. The Morgan fingerprint density at radius 3 is 2.38 bits per heavy atom. The second-order valence-corrected chi connectivity index (χ2v) is 6.08. The van der Waals surface area contributed by atoms with E-state index in [0.717, 1.165) is 45.4 Å². The highest BCUT2D eigenvalue weighted by atomic mass is 127. The van der Waals surface area contributed by atoms with E-state index in [2.05, 4.69) is 25.8 Å². The largest absolute Gasteiger partial charge is 0.379 e. The molecule has 9 heteroatoms. The third kappa shape index (κ3) is 8.52. The maximum atomic E-state index is 12.0. The van der Waals surface area contributed by atoms with Crippen molar-refractivity contribution in [1.82, 2.24) is 20.9 Å². The summed E-state index contributed by atoms with van der Waals surface area (Å²) >= 11 is 5.81. The molecule has 0 saturated carbocycles. The van der Waals surface area contributed by atoms with Gasteiger partial charge in [0.25, 0.3) is 5.91 Å². The Bertz CT molecular complexity index is 565. The van der Waals surface area contributed by atoms with Gasteiger partial charge in [-0.25, -0.2) is 0 Å². The van der Waals surface area contributed by atoms with Crippen molar-refractivity contribution in [2.75, 3.05) is 59.5 Å². The molecule has 7 nitrogen and oxygen atoms in total. The molecule has 1 saturated heterocycles. The summed E-state index contributed by atoms with van der Waals surface area (Å²) in [4.78, 5) is 18.5. The van der Waals surface area contributed by atoms with E-state index in [4.69, 9.17) is 16.3 Å². The van der Waals surface area contributed by atoms with Crippen molar-refractivity contribution >= 4 is 47.4 Å². The van der Waals surface area contributed by atoms with Crippen LogP contribution in [0.3, 0.4) is 0 Å². The first-order valence-corrected chi connectivity index (χ1v) is 8.85. The molecule has 1 aliphatic heterocycles. The number of hydrogen-bond acceptors (Lipinski definition) is 4. The molecule has 1 heterocycles. The molecule has 0 aliphatic carbocycles. The van der Waals surface area contributed by atoms with Gasteiger partial charge in [0.2, 0.25) is 0 Å². The molecule has 146 valence electrons. The zero-order valence-corrected chi connectivity index (χ0v) is 18.0. The molecular weight excluding hydrogens is 469 g/mol. The number of hydrogen-bond donors (Lipinski definition) is 3. The molecule has 2 rings (SSSR count). The zero-order chi connectivity index (χ0) is 17.9. The number of carbonyl (C=O) groups is 1. The smallest absolute Gasteiger partial charge is 0.251 e. The number of guanidine groups is 1. The predicted octanol–water partition coefficient (Wildman–Crippen LogP) is 1.18. The fourth-order valence-electron chi connectivity index (χ4n) is 2.44. The molecule has 0 aromatic heterocycles. The van der Waals surface area contributed by atoms with E-state index in [1.54, 1.807) is 31.3 Å². The molecule has 0 radical (unpaired) electrons. The van der Waals surface area contributed by atoms with Crippen LogP contribution >= 0.6 is 35.6 Å². The van der Waals surface area contributed by atoms with E-state index < -0.39 is 0 Å². The van der Waals surface area contributed by atoms with Crippen LogP contribution in [0.5, 0.6) is 0 Å². The average Bonchev–Trinajstić information content (AvgIpc) is 2.65. The first-order valence-electron chi connectivity index (χ1n) is 8.47. The van der Waals surface area contributed by atoms with Crippen LogP contribution in [0, 0.1) is 0 Å². The van der Waals surface area contributed by atoms with Gasteiger partial charge >= 0.3 is 0 Å². The van der Waals surface area contributed by atoms with Gasteiger partial charge in [0, 0.05) is 56.9 Å². The van der Waals surface area contributed by atoms with Gasteiger partial charge in [-0.15, -0.1) is 24.0 Å². The van der Waals surface area contributed by atoms with Gasteiger partial charge in [-0.3, -0.25) is 14.7 Å². The molecule has 1 aromatic carbocycles. The van der Waals surface area contributed by atoms with Crippen LogP contribution in [0.2, 0.25) is 5.02 Å². The van der Waals surface area contributed by atoms with Crippen LogP contribution in [0.4, 0.5) is 0 Å². The van der Waals surface area contributed by atoms with E-state index in [1.807, 2.05) is 0 Å². The second-order valence-electron chi connectivity index (χ2n) is 5.64. The van der Waals surface area contributed by atoms with E-state index in [1.165, 1.54) is 0 Å². The Hall–Kier alpha value is -1.10. The van der Waals surface area contributed by atoms with E-state index in [9.17, 15) is 4.79 Å². The minimum Gasteiger partial charge on any atom is -0.379 e.